The molecule has 3 atom stereocenters. The smallest absolute Gasteiger partial charge is 0.0558 e. The lowest BCUT2D eigenvalue weighted by molar-refractivity contribution is 0.0769. The molecule has 3 unspecified atom stereocenters. The van der Waals surface area contributed by atoms with Gasteiger partial charge < -0.3 is 15.1 Å². The van der Waals surface area contributed by atoms with Crippen LogP contribution in [0.2, 0.25) is 0 Å². The number of nitrogens with zero attached hydrogens (tertiary/aromatic N) is 2. The van der Waals surface area contributed by atoms with E-state index in [1.807, 2.05) is 0 Å². The monoisotopic (exact) mass is 214 g/mol. The molecule has 2 rings (SSSR count). The maximum atomic E-state index is 9.01. The van der Waals surface area contributed by atoms with Gasteiger partial charge in [-0.1, -0.05) is 0 Å². The SMILES string of the molecule is CN1CC2CC1CC2N(CCO)CCO. The highest BCUT2D eigenvalue weighted by Crippen LogP contribution is 2.39. The average Bonchev–Trinajstić information content (AvgIpc) is 2.75. The molecule has 2 N–H and O–H groups in total. The summed E-state index contributed by atoms with van der Waals surface area (Å²) in [6, 6.07) is 1.32. The van der Waals surface area contributed by atoms with Crippen molar-refractivity contribution in [3.8, 4) is 0 Å². The van der Waals surface area contributed by atoms with Crippen LogP contribution in [0.5, 0.6) is 0 Å². The fourth-order valence-corrected chi connectivity index (χ4v) is 3.30. The first kappa shape index (κ1) is 11.3. The summed E-state index contributed by atoms with van der Waals surface area (Å²) >= 11 is 0. The molecule has 0 spiro atoms. The second kappa shape index (κ2) is 4.78. The Bertz CT molecular complexity index is 205. The predicted molar refractivity (Wildman–Crippen MR) is 58.7 cm³/mol. The molecular weight excluding hydrogens is 192 g/mol. The van der Waals surface area contributed by atoms with E-state index in [0.29, 0.717) is 19.1 Å². The lowest BCUT2D eigenvalue weighted by atomic mass is 10.0. The fraction of sp³-hybridized carbons (Fsp3) is 1.00. The summed E-state index contributed by atoms with van der Waals surface area (Å²) in [7, 11) is 2.20. The summed E-state index contributed by atoms with van der Waals surface area (Å²) in [6.07, 6.45) is 2.51. The van der Waals surface area contributed by atoms with Crippen molar-refractivity contribution < 1.29 is 10.2 Å². The lowest BCUT2D eigenvalue weighted by Crippen LogP contribution is -2.47. The van der Waals surface area contributed by atoms with Crippen LogP contribution in [-0.2, 0) is 0 Å². The van der Waals surface area contributed by atoms with Gasteiger partial charge in [0.15, 0.2) is 0 Å². The molecule has 0 amide bonds. The maximum Gasteiger partial charge on any atom is 0.0558 e. The van der Waals surface area contributed by atoms with Crippen molar-refractivity contribution in [3.63, 3.8) is 0 Å². The number of likely N-dealkylation sites (tertiary alicyclic amines) is 1. The Morgan fingerprint density at radius 2 is 1.87 bits per heavy atom. The van der Waals surface area contributed by atoms with Crippen molar-refractivity contribution in [1.29, 1.82) is 0 Å². The van der Waals surface area contributed by atoms with Gasteiger partial charge in [-0.05, 0) is 25.8 Å². The summed E-state index contributed by atoms with van der Waals surface area (Å²) in [5.74, 6) is 0.748. The number of hydrogen-bond acceptors (Lipinski definition) is 4. The molecule has 2 aliphatic rings. The highest BCUT2D eigenvalue weighted by Gasteiger charge is 2.44. The second-order valence-electron chi connectivity index (χ2n) is 4.88. The van der Waals surface area contributed by atoms with Crippen molar-refractivity contribution in [2.45, 2.75) is 24.9 Å². The fourth-order valence-electron chi connectivity index (χ4n) is 3.30. The van der Waals surface area contributed by atoms with Crippen molar-refractivity contribution >= 4 is 0 Å². The summed E-state index contributed by atoms with van der Waals surface area (Å²) in [4.78, 5) is 4.70. The van der Waals surface area contributed by atoms with Gasteiger partial charge in [-0.15, -0.1) is 0 Å². The van der Waals surface area contributed by atoms with Gasteiger partial charge >= 0.3 is 0 Å². The molecule has 1 aliphatic carbocycles. The second-order valence-corrected chi connectivity index (χ2v) is 4.88. The summed E-state index contributed by atoms with van der Waals surface area (Å²) in [5.41, 5.74) is 0. The average molecular weight is 214 g/mol. The van der Waals surface area contributed by atoms with Gasteiger partial charge in [-0.3, -0.25) is 4.90 Å². The first-order chi connectivity index (χ1) is 7.26. The number of rotatable bonds is 5. The van der Waals surface area contributed by atoms with Gasteiger partial charge in [0, 0.05) is 31.7 Å². The minimum absolute atomic E-state index is 0.198. The summed E-state index contributed by atoms with van der Waals surface area (Å²) in [6.45, 7) is 2.99. The van der Waals surface area contributed by atoms with Gasteiger partial charge in [-0.2, -0.15) is 0 Å². The Balaban J connectivity index is 1.92. The zero-order valence-electron chi connectivity index (χ0n) is 9.47. The topological polar surface area (TPSA) is 46.9 Å². The quantitative estimate of drug-likeness (QED) is 0.639. The number of fused-ring (bicyclic) bond motifs is 2. The van der Waals surface area contributed by atoms with Crippen molar-refractivity contribution in [2.75, 3.05) is 39.9 Å². The minimum atomic E-state index is 0.198. The van der Waals surface area contributed by atoms with Crippen LogP contribution in [0.4, 0.5) is 0 Å². The van der Waals surface area contributed by atoms with Crippen LogP contribution >= 0.6 is 0 Å². The molecule has 1 saturated carbocycles. The van der Waals surface area contributed by atoms with E-state index in [0.717, 1.165) is 12.0 Å². The maximum absolute atomic E-state index is 9.01. The van der Waals surface area contributed by atoms with E-state index in [1.54, 1.807) is 0 Å². The molecule has 1 aliphatic heterocycles. The molecule has 0 aromatic heterocycles. The molecule has 0 aromatic carbocycles. The molecule has 0 radical (unpaired) electrons. The van der Waals surface area contributed by atoms with Gasteiger partial charge in [-0.25, -0.2) is 0 Å². The summed E-state index contributed by atoms with van der Waals surface area (Å²) < 4.78 is 0. The normalized spacial score (nSPS) is 35.6. The molecule has 2 fully saturated rings. The molecule has 2 bridgehead atoms. The van der Waals surface area contributed by atoms with Gasteiger partial charge in [0.25, 0.3) is 0 Å². The van der Waals surface area contributed by atoms with Gasteiger partial charge in [0.2, 0.25) is 0 Å². The van der Waals surface area contributed by atoms with E-state index in [1.165, 1.54) is 19.4 Å². The van der Waals surface area contributed by atoms with Crippen molar-refractivity contribution in [2.24, 2.45) is 5.92 Å². The predicted octanol–water partition coefficient (Wildman–Crippen LogP) is -0.634. The first-order valence-electron chi connectivity index (χ1n) is 5.92. The molecule has 4 nitrogen and oxygen atoms in total. The third-order valence-electron chi connectivity index (χ3n) is 4.02. The van der Waals surface area contributed by atoms with Crippen LogP contribution in [0.25, 0.3) is 0 Å². The van der Waals surface area contributed by atoms with Crippen LogP contribution < -0.4 is 0 Å². The van der Waals surface area contributed by atoms with Crippen LogP contribution in [0, 0.1) is 5.92 Å². The number of piperidine rings is 1. The lowest BCUT2D eigenvalue weighted by Gasteiger charge is -2.36. The van der Waals surface area contributed by atoms with Gasteiger partial charge in [0.1, 0.15) is 0 Å². The van der Waals surface area contributed by atoms with Crippen LogP contribution in [0.15, 0.2) is 0 Å². The Morgan fingerprint density at radius 3 is 2.27 bits per heavy atom. The zero-order valence-corrected chi connectivity index (χ0v) is 9.47. The standard InChI is InChI=1S/C11H22N2O2/c1-12-8-9-6-10(12)7-11(9)13(2-4-14)3-5-15/h9-11,14-15H,2-8H2,1H3. The third-order valence-corrected chi connectivity index (χ3v) is 4.02. The molecule has 1 heterocycles. The third kappa shape index (κ3) is 2.18. The highest BCUT2D eigenvalue weighted by molar-refractivity contribution is 5.00. The van der Waals surface area contributed by atoms with Gasteiger partial charge in [0.05, 0.1) is 13.2 Å². The highest BCUT2D eigenvalue weighted by atomic mass is 16.3. The Morgan fingerprint density at radius 1 is 1.20 bits per heavy atom. The minimum Gasteiger partial charge on any atom is -0.395 e. The Labute approximate surface area is 91.5 Å². The van der Waals surface area contributed by atoms with E-state index in [2.05, 4.69) is 16.8 Å². The van der Waals surface area contributed by atoms with E-state index >= 15 is 0 Å². The van der Waals surface area contributed by atoms with E-state index < -0.39 is 0 Å². The molecule has 88 valence electrons. The Hall–Kier alpha value is -0.160. The van der Waals surface area contributed by atoms with E-state index in [9.17, 15) is 0 Å². The van der Waals surface area contributed by atoms with E-state index in [4.69, 9.17) is 10.2 Å². The molecule has 1 saturated heterocycles. The molecule has 4 heteroatoms. The van der Waals surface area contributed by atoms with Crippen molar-refractivity contribution in [3.05, 3.63) is 0 Å². The van der Waals surface area contributed by atoms with Crippen molar-refractivity contribution in [1.82, 2.24) is 9.80 Å². The number of aliphatic hydroxyl groups excluding tert-OH is 2. The first-order valence-corrected chi connectivity index (χ1v) is 5.92. The van der Waals surface area contributed by atoms with Crippen LogP contribution in [0.3, 0.4) is 0 Å². The molecule has 15 heavy (non-hydrogen) atoms. The van der Waals surface area contributed by atoms with Crippen LogP contribution in [-0.4, -0.2) is 72.0 Å². The van der Waals surface area contributed by atoms with Crippen LogP contribution in [0.1, 0.15) is 12.8 Å². The number of aliphatic hydroxyl groups is 2. The zero-order chi connectivity index (χ0) is 10.8. The number of hydrogen-bond donors (Lipinski definition) is 2. The Kier molecular flexibility index (Phi) is 3.61. The molecule has 0 aromatic rings. The van der Waals surface area contributed by atoms with E-state index in [-0.39, 0.29) is 13.2 Å². The summed E-state index contributed by atoms with van der Waals surface area (Å²) in [5, 5.41) is 18.0. The largest absolute Gasteiger partial charge is 0.395 e. The molecular formula is C11H22N2O2.